The number of benzene rings is 11. The van der Waals surface area contributed by atoms with Crippen molar-refractivity contribution in [3.05, 3.63) is 224 Å². The second-order valence-corrected chi connectivity index (χ2v) is 30.1. The normalized spacial score (nSPS) is 21.1. The highest BCUT2D eigenvalue weighted by Gasteiger charge is 2.44. The van der Waals surface area contributed by atoms with E-state index in [1.54, 1.807) is 0 Å². The Kier molecular flexibility index (Phi) is 20.1. The van der Waals surface area contributed by atoms with Gasteiger partial charge in [-0.05, 0) is 147 Å². The van der Waals surface area contributed by atoms with Crippen LogP contribution in [0.2, 0.25) is 0 Å². The van der Waals surface area contributed by atoms with Crippen LogP contribution in [-0.4, -0.2) is 76.3 Å². The van der Waals surface area contributed by atoms with Crippen LogP contribution in [0.25, 0.3) is 43.1 Å². The number of esters is 2. The van der Waals surface area contributed by atoms with Crippen LogP contribution in [0.1, 0.15) is 76.4 Å². The van der Waals surface area contributed by atoms with Gasteiger partial charge in [-0.1, -0.05) is 134 Å². The van der Waals surface area contributed by atoms with Gasteiger partial charge in [0.15, 0.2) is 0 Å². The van der Waals surface area contributed by atoms with Crippen molar-refractivity contribution in [2.24, 2.45) is 46.8 Å². The molecule has 106 heavy (non-hydrogen) atoms. The number of unbranched alkanes of at least 4 members (excludes halogenated alkanes) is 2. The van der Waals surface area contributed by atoms with Gasteiger partial charge in [0, 0.05) is 107 Å². The summed E-state index contributed by atoms with van der Waals surface area (Å²) in [5, 5.41) is 68.8. The summed E-state index contributed by atoms with van der Waals surface area (Å²) in [5.74, 6) is 2.72. The van der Waals surface area contributed by atoms with Crippen LogP contribution in [0, 0.1) is 5.92 Å². The summed E-state index contributed by atoms with van der Waals surface area (Å²) in [6.07, 6.45) is 6.57. The van der Waals surface area contributed by atoms with Crippen LogP contribution in [0.15, 0.2) is 259 Å². The highest BCUT2D eigenvalue weighted by molar-refractivity contribution is 8.00. The summed E-state index contributed by atoms with van der Waals surface area (Å²) < 4.78 is 11.4. The SMILES string of the molecule is CC1(COC(=O)CCCC[C@H]2SC[C@H]3CC(=O)N[C@H]32)Nc2cccc3c(N=Nc4ccc(N=Nc5ccccc5)c5ccccc45)ccc(c23)N1.O=C1N[C@@H]2[C@@H](CS[C@@H]2CCCCC(=O)Oc2ccc(C3Nc4cccc5c(N=Nc6ccc(N=Nc7ccccc7)c7ccccc67)ccc(c45)N3)cc2)N1. The topological polar surface area (TPSA) is 270 Å². The van der Waals surface area contributed by atoms with Crippen molar-refractivity contribution in [1.82, 2.24) is 16.0 Å². The van der Waals surface area contributed by atoms with Crippen molar-refractivity contribution in [2.45, 2.75) is 105 Å². The number of hydrogen-bond acceptors (Lipinski definition) is 20. The van der Waals surface area contributed by atoms with E-state index in [0.717, 1.165) is 167 Å². The van der Waals surface area contributed by atoms with Crippen LogP contribution >= 0.6 is 23.5 Å². The van der Waals surface area contributed by atoms with Gasteiger partial charge < -0.3 is 46.7 Å². The Morgan fingerprint density at radius 1 is 0.434 bits per heavy atom. The number of hydrogen-bond donors (Lipinski definition) is 7. The Balaban J connectivity index is 0.000000163. The van der Waals surface area contributed by atoms with E-state index in [9.17, 15) is 19.2 Å². The lowest BCUT2D eigenvalue weighted by atomic mass is 9.97. The Hall–Kier alpha value is -11.6. The standard InChI is InChI=1S/C43H38N8O3S.C40H39N7O3S/c52-39(16-7-6-15-38-41-37(25-55-38)46-43(53)47-41)54-28-19-17-26(18-20-28)42-44-35-14-8-13-31-34(23-24-36(45-42)40(31)35)51-50-33-22-21-32(29-11-4-5-12-30(29)33)49-48-27-9-2-1-3-10-27;1-40(24-50-37(49)17-8-7-16-35-39-25(23-51-35)22-36(48)41-39)42-33-15-9-14-29-32(20-21-34(43-40)38(29)33)47-46-31-19-18-30(27-12-5-6-13-28(27)31)45-44-26-10-3-2-4-11-26/h1-5,8-14,17-24,37-38,41-42,44-45H,6-7,15-16,25H2,(H2,46,47,53);2-6,9-15,18-21,25,35,39,42-43H,7-8,16-17,22-24H2,1H3,(H,41,48)/t37-,38-,41-,42?;25-,35-,39-,40?/m11/s1. The van der Waals surface area contributed by atoms with E-state index < -0.39 is 5.66 Å². The minimum atomic E-state index is -0.686. The first kappa shape index (κ1) is 68.8. The van der Waals surface area contributed by atoms with E-state index in [0.29, 0.717) is 47.5 Å². The third kappa shape index (κ3) is 15.3. The number of amides is 3. The fourth-order valence-electron chi connectivity index (χ4n) is 14.9. The maximum atomic E-state index is 12.7. The zero-order valence-corrected chi connectivity index (χ0v) is 59.8. The fourth-order valence-corrected chi connectivity index (χ4v) is 18.1. The van der Waals surface area contributed by atoms with E-state index in [-0.39, 0.29) is 48.7 Å². The minimum absolute atomic E-state index is 0.0715. The van der Waals surface area contributed by atoms with Gasteiger partial charge in [0.1, 0.15) is 24.2 Å². The number of anilines is 4. The summed E-state index contributed by atoms with van der Waals surface area (Å²) in [5.41, 5.74) is 10.3. The molecule has 0 bridgehead atoms. The van der Waals surface area contributed by atoms with E-state index in [1.165, 1.54) is 0 Å². The average molecular weight is 1440 g/mol. The second-order valence-electron chi connectivity index (χ2n) is 27.5. The lowest BCUT2D eigenvalue weighted by molar-refractivity contribution is -0.145. The van der Waals surface area contributed by atoms with E-state index in [4.69, 9.17) is 29.9 Å². The van der Waals surface area contributed by atoms with E-state index in [2.05, 4.69) is 69.8 Å². The van der Waals surface area contributed by atoms with E-state index >= 15 is 0 Å². The molecule has 6 aliphatic heterocycles. The number of azo groups is 4. The molecule has 4 fully saturated rings. The highest BCUT2D eigenvalue weighted by atomic mass is 32.2. The second kappa shape index (κ2) is 31.0. The zero-order valence-electron chi connectivity index (χ0n) is 58.2. The molecule has 21 nitrogen and oxygen atoms in total. The lowest BCUT2D eigenvalue weighted by Crippen LogP contribution is -2.49. The third-order valence-corrected chi connectivity index (χ3v) is 23.2. The van der Waals surface area contributed by atoms with Gasteiger partial charge in [0.05, 0.1) is 57.6 Å². The number of urea groups is 1. The summed E-state index contributed by atoms with van der Waals surface area (Å²) in [7, 11) is 0. The monoisotopic (exact) mass is 1440 g/mol. The van der Waals surface area contributed by atoms with Crippen molar-refractivity contribution in [3.63, 3.8) is 0 Å². The molecule has 0 aromatic heterocycles. The molecule has 6 aliphatic rings. The minimum Gasteiger partial charge on any atom is -0.461 e. The first-order valence-electron chi connectivity index (χ1n) is 36.1. The Labute approximate surface area is 620 Å². The first-order valence-corrected chi connectivity index (χ1v) is 38.2. The number of nitrogens with one attached hydrogen (secondary N) is 7. The molecule has 0 saturated carbocycles. The lowest BCUT2D eigenvalue weighted by Gasteiger charge is -2.38. The molecular weight excluding hydrogens is 1370 g/mol. The molecule has 6 heterocycles. The van der Waals surface area contributed by atoms with Crippen LogP contribution in [0.3, 0.4) is 0 Å². The fraction of sp³-hybridized carbons (Fsp3) is 0.253. The summed E-state index contributed by atoms with van der Waals surface area (Å²) in [6.45, 7) is 2.17. The number of thioether (sulfide) groups is 2. The van der Waals surface area contributed by atoms with Crippen LogP contribution in [0.5, 0.6) is 5.75 Å². The first-order chi connectivity index (χ1) is 52.0. The van der Waals surface area contributed by atoms with Crippen molar-refractivity contribution < 1.29 is 28.7 Å². The Morgan fingerprint density at radius 3 is 1.46 bits per heavy atom. The van der Waals surface area contributed by atoms with Gasteiger partial charge in [-0.25, -0.2) is 4.79 Å². The maximum Gasteiger partial charge on any atom is 0.315 e. The van der Waals surface area contributed by atoms with E-state index in [1.807, 2.05) is 237 Å². The van der Waals surface area contributed by atoms with Gasteiger partial charge in [-0.2, -0.15) is 33.8 Å². The molecule has 0 spiro atoms. The Bertz CT molecular complexity index is 5260. The molecule has 532 valence electrons. The number of carbonyl (C=O) groups is 4. The molecule has 4 saturated heterocycles. The zero-order chi connectivity index (χ0) is 71.9. The van der Waals surface area contributed by atoms with Gasteiger partial charge in [0.2, 0.25) is 5.91 Å². The molecular formula is C83H77N15O6S2. The van der Waals surface area contributed by atoms with Crippen LogP contribution < -0.4 is 42.0 Å². The smallest absolute Gasteiger partial charge is 0.315 e. The summed E-state index contributed by atoms with van der Waals surface area (Å²) in [4.78, 5) is 48.7. The molecule has 11 aromatic rings. The van der Waals surface area contributed by atoms with Gasteiger partial charge >= 0.3 is 18.0 Å². The molecule has 11 aromatic carbocycles. The number of rotatable bonds is 22. The number of ether oxygens (including phenoxy) is 2. The van der Waals surface area contributed by atoms with Gasteiger partial charge in [-0.15, -0.1) is 30.7 Å². The molecule has 17 rings (SSSR count). The molecule has 2 unspecified atom stereocenters. The predicted octanol–water partition coefficient (Wildman–Crippen LogP) is 21.1. The number of nitrogens with zero attached hydrogens (tertiary/aromatic N) is 8. The molecule has 7 N–H and O–H groups in total. The summed E-state index contributed by atoms with van der Waals surface area (Å²) in [6, 6.07) is 71.5. The van der Waals surface area contributed by atoms with Gasteiger partial charge in [-0.3, -0.25) is 14.4 Å². The highest BCUT2D eigenvalue weighted by Crippen LogP contribution is 2.47. The van der Waals surface area contributed by atoms with Gasteiger partial charge in [0.25, 0.3) is 0 Å². The molecule has 3 amide bonds. The molecule has 8 atom stereocenters. The maximum absolute atomic E-state index is 12.7. The predicted molar refractivity (Wildman–Crippen MR) is 423 cm³/mol. The quantitative estimate of drug-likeness (QED) is 0.0110. The number of fused-ring (bicyclic) bond motifs is 4. The van der Waals surface area contributed by atoms with Crippen LogP contribution in [0.4, 0.5) is 73.0 Å². The van der Waals surface area contributed by atoms with Crippen molar-refractivity contribution in [2.75, 3.05) is 39.4 Å². The largest absolute Gasteiger partial charge is 0.461 e. The van der Waals surface area contributed by atoms with Crippen molar-refractivity contribution >= 4 is 159 Å². The number of carbonyl (C=O) groups excluding carboxylic acids is 4. The molecule has 0 radical (unpaired) electrons. The Morgan fingerprint density at radius 2 is 0.887 bits per heavy atom. The van der Waals surface area contributed by atoms with Crippen molar-refractivity contribution in [3.8, 4) is 5.75 Å². The third-order valence-electron chi connectivity index (χ3n) is 20.2. The average Bonchev–Trinajstić information content (AvgIpc) is 1.19. The molecule has 0 aliphatic carbocycles. The van der Waals surface area contributed by atoms with Crippen LogP contribution in [-0.2, 0) is 19.1 Å². The van der Waals surface area contributed by atoms with Crippen molar-refractivity contribution in [1.29, 1.82) is 0 Å². The molecule has 23 heteroatoms. The summed E-state index contributed by atoms with van der Waals surface area (Å²) >= 11 is 3.85.